The van der Waals surface area contributed by atoms with E-state index in [4.69, 9.17) is 13.1 Å². The SMILES string of the molecule is [B]c1cc2[nH]cc(C#N)c2cc1F. The minimum atomic E-state index is -0.497. The van der Waals surface area contributed by atoms with Gasteiger partial charge in [0.15, 0.2) is 0 Å². The molecule has 0 amide bonds. The second-order valence-corrected chi connectivity index (χ2v) is 2.73. The van der Waals surface area contributed by atoms with Crippen LogP contribution in [0.3, 0.4) is 0 Å². The fourth-order valence-electron chi connectivity index (χ4n) is 1.25. The third kappa shape index (κ3) is 1.09. The summed E-state index contributed by atoms with van der Waals surface area (Å²) in [5.41, 5.74) is 1.18. The van der Waals surface area contributed by atoms with Crippen molar-refractivity contribution in [2.45, 2.75) is 0 Å². The Kier molecular flexibility index (Phi) is 1.59. The van der Waals surface area contributed by atoms with Crippen LogP contribution in [0.25, 0.3) is 10.9 Å². The number of hydrogen-bond donors (Lipinski definition) is 1. The highest BCUT2D eigenvalue weighted by atomic mass is 19.1. The Labute approximate surface area is 75.4 Å². The minimum Gasteiger partial charge on any atom is -0.360 e. The van der Waals surface area contributed by atoms with Crippen LogP contribution in [0.4, 0.5) is 4.39 Å². The summed E-state index contributed by atoms with van der Waals surface area (Å²) in [4.78, 5) is 2.84. The Morgan fingerprint density at radius 3 is 2.92 bits per heavy atom. The van der Waals surface area contributed by atoms with Crippen LogP contribution in [0.5, 0.6) is 0 Å². The molecule has 13 heavy (non-hydrogen) atoms. The van der Waals surface area contributed by atoms with E-state index in [0.717, 1.165) is 0 Å². The van der Waals surface area contributed by atoms with Crippen molar-refractivity contribution in [2.75, 3.05) is 0 Å². The maximum Gasteiger partial charge on any atom is 0.118 e. The molecule has 1 N–H and O–H groups in total. The molecule has 0 bridgehead atoms. The number of aromatic amines is 1. The Morgan fingerprint density at radius 2 is 2.23 bits per heavy atom. The molecule has 0 spiro atoms. The molecule has 1 heterocycles. The van der Waals surface area contributed by atoms with Gasteiger partial charge >= 0.3 is 0 Å². The number of nitrogens with one attached hydrogen (secondary N) is 1. The number of H-pyrrole nitrogens is 1. The number of benzene rings is 1. The maximum atomic E-state index is 13.0. The van der Waals surface area contributed by atoms with Crippen LogP contribution in [-0.4, -0.2) is 12.8 Å². The lowest BCUT2D eigenvalue weighted by Crippen LogP contribution is -2.07. The number of nitrogens with zero attached hydrogens (tertiary/aromatic N) is 1. The van der Waals surface area contributed by atoms with E-state index in [1.54, 1.807) is 0 Å². The number of fused-ring (bicyclic) bond motifs is 1. The smallest absolute Gasteiger partial charge is 0.118 e. The van der Waals surface area contributed by atoms with Crippen LogP contribution in [0.1, 0.15) is 5.56 Å². The lowest BCUT2D eigenvalue weighted by molar-refractivity contribution is 0.638. The Bertz CT molecular complexity index is 510. The first kappa shape index (κ1) is 7.87. The molecular weight excluding hydrogens is 166 g/mol. The van der Waals surface area contributed by atoms with E-state index in [1.165, 1.54) is 18.3 Å². The summed E-state index contributed by atoms with van der Waals surface area (Å²) < 4.78 is 13.0. The lowest BCUT2D eigenvalue weighted by Gasteiger charge is -1.96. The van der Waals surface area contributed by atoms with Gasteiger partial charge in [-0.1, -0.05) is 5.46 Å². The predicted molar refractivity (Wildman–Crippen MR) is 48.4 cm³/mol. The van der Waals surface area contributed by atoms with Crippen LogP contribution >= 0.6 is 0 Å². The quantitative estimate of drug-likeness (QED) is 0.587. The lowest BCUT2D eigenvalue weighted by atomic mass is 9.94. The van der Waals surface area contributed by atoms with E-state index in [1.807, 2.05) is 6.07 Å². The zero-order valence-electron chi connectivity index (χ0n) is 6.63. The molecule has 0 aliphatic rings. The second-order valence-electron chi connectivity index (χ2n) is 2.73. The zero-order valence-corrected chi connectivity index (χ0v) is 6.63. The fourth-order valence-corrected chi connectivity index (χ4v) is 1.25. The third-order valence-corrected chi connectivity index (χ3v) is 1.92. The summed E-state index contributed by atoms with van der Waals surface area (Å²) in [6.07, 6.45) is 1.53. The standard InChI is InChI=1S/C9H4BFN2/c10-7-2-9-6(1-8(7)11)5(3-12)4-13-9/h1-2,4,13H. The van der Waals surface area contributed by atoms with Gasteiger partial charge < -0.3 is 4.98 Å². The monoisotopic (exact) mass is 170 g/mol. The molecule has 0 aliphatic heterocycles. The van der Waals surface area contributed by atoms with E-state index in [0.29, 0.717) is 16.5 Å². The summed E-state index contributed by atoms with van der Waals surface area (Å²) in [6.45, 7) is 0. The molecule has 0 saturated heterocycles. The molecule has 2 rings (SSSR count). The maximum absolute atomic E-state index is 13.0. The third-order valence-electron chi connectivity index (χ3n) is 1.92. The van der Waals surface area contributed by atoms with Gasteiger partial charge in [0, 0.05) is 17.1 Å². The first-order valence-electron chi connectivity index (χ1n) is 3.68. The molecule has 2 aromatic rings. The van der Waals surface area contributed by atoms with Crippen LogP contribution in [0.2, 0.25) is 0 Å². The molecule has 2 nitrogen and oxygen atoms in total. The Balaban J connectivity index is 2.86. The fraction of sp³-hybridized carbons (Fsp3) is 0. The van der Waals surface area contributed by atoms with Gasteiger partial charge in [-0.2, -0.15) is 5.26 Å². The molecule has 0 atom stereocenters. The van der Waals surface area contributed by atoms with Crippen LogP contribution in [0.15, 0.2) is 18.3 Å². The summed E-state index contributed by atoms with van der Waals surface area (Å²) >= 11 is 0. The summed E-state index contributed by atoms with van der Waals surface area (Å²) in [6, 6.07) is 4.70. The Morgan fingerprint density at radius 1 is 1.46 bits per heavy atom. The molecule has 0 saturated carbocycles. The zero-order chi connectivity index (χ0) is 9.42. The van der Waals surface area contributed by atoms with E-state index >= 15 is 0 Å². The number of halogens is 1. The van der Waals surface area contributed by atoms with Gasteiger partial charge in [0.2, 0.25) is 0 Å². The van der Waals surface area contributed by atoms with Crippen molar-refractivity contribution >= 4 is 24.2 Å². The molecule has 60 valence electrons. The van der Waals surface area contributed by atoms with Crippen molar-refractivity contribution in [3.8, 4) is 6.07 Å². The number of aromatic nitrogens is 1. The molecule has 0 fully saturated rings. The topological polar surface area (TPSA) is 39.6 Å². The van der Waals surface area contributed by atoms with Crippen molar-refractivity contribution in [3.63, 3.8) is 0 Å². The molecule has 0 aliphatic carbocycles. The van der Waals surface area contributed by atoms with E-state index in [9.17, 15) is 4.39 Å². The van der Waals surface area contributed by atoms with Gasteiger partial charge in [-0.3, -0.25) is 0 Å². The average Bonchev–Trinajstić information content (AvgIpc) is 2.48. The summed E-state index contributed by atoms with van der Waals surface area (Å²) in [5.74, 6) is -0.497. The van der Waals surface area contributed by atoms with Gasteiger partial charge in [0.1, 0.15) is 19.7 Å². The van der Waals surface area contributed by atoms with Gasteiger partial charge in [0.05, 0.1) is 5.56 Å². The molecular formula is C9H4BFN2. The highest BCUT2D eigenvalue weighted by molar-refractivity contribution is 6.33. The van der Waals surface area contributed by atoms with Crippen molar-refractivity contribution < 1.29 is 4.39 Å². The first-order chi connectivity index (χ1) is 6.22. The van der Waals surface area contributed by atoms with Crippen molar-refractivity contribution in [1.29, 1.82) is 5.26 Å². The van der Waals surface area contributed by atoms with E-state index < -0.39 is 5.82 Å². The summed E-state index contributed by atoms with van der Waals surface area (Å²) in [5, 5.41) is 9.23. The summed E-state index contributed by atoms with van der Waals surface area (Å²) in [7, 11) is 5.36. The second kappa shape index (κ2) is 2.63. The van der Waals surface area contributed by atoms with Crippen LogP contribution in [0, 0.1) is 17.1 Å². The number of rotatable bonds is 0. The molecule has 1 aromatic carbocycles. The first-order valence-corrected chi connectivity index (χ1v) is 3.68. The van der Waals surface area contributed by atoms with Crippen molar-refractivity contribution in [1.82, 2.24) is 4.98 Å². The molecule has 1 aromatic heterocycles. The normalized spacial score (nSPS) is 10.2. The number of nitriles is 1. The van der Waals surface area contributed by atoms with Gasteiger partial charge in [0.25, 0.3) is 0 Å². The van der Waals surface area contributed by atoms with Crippen LogP contribution in [-0.2, 0) is 0 Å². The minimum absolute atomic E-state index is 0.0823. The molecule has 2 radical (unpaired) electrons. The van der Waals surface area contributed by atoms with Gasteiger partial charge in [-0.25, -0.2) is 4.39 Å². The number of hydrogen-bond acceptors (Lipinski definition) is 1. The highest BCUT2D eigenvalue weighted by Crippen LogP contribution is 2.16. The Hall–Kier alpha value is -1.76. The van der Waals surface area contributed by atoms with Crippen molar-refractivity contribution in [3.05, 3.63) is 29.7 Å². The predicted octanol–water partition coefficient (Wildman–Crippen LogP) is 0.972. The largest absolute Gasteiger partial charge is 0.360 e. The van der Waals surface area contributed by atoms with Crippen molar-refractivity contribution in [2.24, 2.45) is 0 Å². The molecule has 0 unspecified atom stereocenters. The van der Waals surface area contributed by atoms with E-state index in [2.05, 4.69) is 4.98 Å². The molecule has 4 heteroatoms. The van der Waals surface area contributed by atoms with Crippen LogP contribution < -0.4 is 5.46 Å². The van der Waals surface area contributed by atoms with Gasteiger partial charge in [-0.05, 0) is 12.1 Å². The van der Waals surface area contributed by atoms with Gasteiger partial charge in [-0.15, -0.1) is 0 Å². The highest BCUT2D eigenvalue weighted by Gasteiger charge is 2.05. The average molecular weight is 170 g/mol. The van der Waals surface area contributed by atoms with E-state index in [-0.39, 0.29) is 5.46 Å².